The summed E-state index contributed by atoms with van der Waals surface area (Å²) in [6, 6.07) is 12.6. The van der Waals surface area contributed by atoms with E-state index in [0.29, 0.717) is 42.7 Å². The second-order valence-electron chi connectivity index (χ2n) is 8.04. The quantitative estimate of drug-likeness (QED) is 0.639. The fraction of sp³-hybridized carbons (Fsp3) is 0.417. The van der Waals surface area contributed by atoms with Crippen molar-refractivity contribution >= 4 is 27.6 Å². The van der Waals surface area contributed by atoms with E-state index in [2.05, 4.69) is 5.32 Å². The second kappa shape index (κ2) is 10.3. The average molecular weight is 459 g/mol. The van der Waals surface area contributed by atoms with Crippen LogP contribution >= 0.6 is 0 Å². The highest BCUT2D eigenvalue weighted by Gasteiger charge is 2.31. The SMILES string of the molecule is CCOC(=O)c1cccc(NC(=O)C2CCN(S(=O)(=O)Cc3ccccc3C)CC2)c1C. The van der Waals surface area contributed by atoms with Gasteiger partial charge in [-0.15, -0.1) is 0 Å². The largest absolute Gasteiger partial charge is 0.462 e. The predicted molar refractivity (Wildman–Crippen MR) is 124 cm³/mol. The standard InChI is InChI=1S/C24H30N2O5S/c1-4-31-24(28)21-10-7-11-22(18(21)3)25-23(27)19-12-14-26(15-13-19)32(29,30)16-20-9-6-5-8-17(20)2/h5-11,19H,4,12-16H2,1-3H3,(H,25,27). The van der Waals surface area contributed by atoms with Crippen LogP contribution in [0.2, 0.25) is 0 Å². The molecule has 0 unspecified atom stereocenters. The number of esters is 1. The maximum atomic E-state index is 12.9. The van der Waals surface area contributed by atoms with Gasteiger partial charge in [0.05, 0.1) is 17.9 Å². The molecule has 1 amide bonds. The monoisotopic (exact) mass is 458 g/mol. The molecule has 1 saturated heterocycles. The maximum absolute atomic E-state index is 12.9. The zero-order valence-corrected chi connectivity index (χ0v) is 19.6. The number of nitrogens with zero attached hydrogens (tertiary/aromatic N) is 1. The molecule has 1 heterocycles. The van der Waals surface area contributed by atoms with E-state index >= 15 is 0 Å². The molecule has 1 aliphatic heterocycles. The molecule has 1 aliphatic rings. The van der Waals surface area contributed by atoms with Crippen molar-refractivity contribution in [2.75, 3.05) is 25.0 Å². The third kappa shape index (κ3) is 5.55. The van der Waals surface area contributed by atoms with Gasteiger partial charge in [0, 0.05) is 24.7 Å². The Kier molecular flexibility index (Phi) is 7.69. The van der Waals surface area contributed by atoms with Gasteiger partial charge in [0.2, 0.25) is 15.9 Å². The fourth-order valence-electron chi connectivity index (χ4n) is 3.89. The Labute approximate surface area is 189 Å². The van der Waals surface area contributed by atoms with E-state index in [1.807, 2.05) is 31.2 Å². The number of hydrogen-bond acceptors (Lipinski definition) is 5. The number of amides is 1. The molecule has 0 saturated carbocycles. The first kappa shape index (κ1) is 23.9. The molecule has 8 heteroatoms. The van der Waals surface area contributed by atoms with Crippen molar-refractivity contribution in [2.45, 2.75) is 39.4 Å². The van der Waals surface area contributed by atoms with Crippen LogP contribution in [0.3, 0.4) is 0 Å². The van der Waals surface area contributed by atoms with E-state index in [1.54, 1.807) is 32.0 Å². The number of nitrogens with one attached hydrogen (secondary N) is 1. The molecule has 0 radical (unpaired) electrons. The minimum absolute atomic E-state index is 0.0314. The molecule has 0 spiro atoms. The lowest BCUT2D eigenvalue weighted by Gasteiger charge is -2.31. The number of piperidine rings is 1. The van der Waals surface area contributed by atoms with Gasteiger partial charge in [0.1, 0.15) is 0 Å². The van der Waals surface area contributed by atoms with E-state index in [-0.39, 0.29) is 24.2 Å². The van der Waals surface area contributed by atoms with Crippen molar-refractivity contribution in [2.24, 2.45) is 5.92 Å². The minimum Gasteiger partial charge on any atom is -0.462 e. The summed E-state index contributed by atoms with van der Waals surface area (Å²) in [5.41, 5.74) is 3.38. The summed E-state index contributed by atoms with van der Waals surface area (Å²) >= 11 is 0. The van der Waals surface area contributed by atoms with Gasteiger partial charge in [0.25, 0.3) is 0 Å². The Balaban J connectivity index is 1.61. The molecule has 2 aromatic rings. The number of benzene rings is 2. The van der Waals surface area contributed by atoms with Crippen molar-refractivity contribution in [1.82, 2.24) is 4.31 Å². The Morgan fingerprint density at radius 3 is 2.41 bits per heavy atom. The van der Waals surface area contributed by atoms with Crippen molar-refractivity contribution in [3.63, 3.8) is 0 Å². The van der Waals surface area contributed by atoms with Crippen LogP contribution in [0.1, 0.15) is 46.8 Å². The van der Waals surface area contributed by atoms with Crippen LogP contribution in [0, 0.1) is 19.8 Å². The predicted octanol–water partition coefficient (Wildman–Crippen LogP) is 3.66. The van der Waals surface area contributed by atoms with Gasteiger partial charge in [-0.05, 0) is 62.4 Å². The molecule has 0 aromatic heterocycles. The lowest BCUT2D eigenvalue weighted by Crippen LogP contribution is -2.42. The molecular weight excluding hydrogens is 428 g/mol. The van der Waals surface area contributed by atoms with Crippen LogP contribution in [-0.2, 0) is 25.3 Å². The lowest BCUT2D eigenvalue weighted by atomic mass is 9.96. The molecule has 1 N–H and O–H groups in total. The molecular formula is C24H30N2O5S. The third-order valence-corrected chi connectivity index (χ3v) is 7.73. The third-order valence-electron chi connectivity index (χ3n) is 5.90. The topological polar surface area (TPSA) is 92.8 Å². The summed E-state index contributed by atoms with van der Waals surface area (Å²) in [6.45, 7) is 6.32. The van der Waals surface area contributed by atoms with E-state index in [0.717, 1.165) is 11.1 Å². The minimum atomic E-state index is -3.44. The van der Waals surface area contributed by atoms with Gasteiger partial charge in [-0.25, -0.2) is 17.5 Å². The molecule has 0 atom stereocenters. The van der Waals surface area contributed by atoms with Gasteiger partial charge >= 0.3 is 5.97 Å². The highest BCUT2D eigenvalue weighted by atomic mass is 32.2. The van der Waals surface area contributed by atoms with Crippen LogP contribution in [0.4, 0.5) is 5.69 Å². The average Bonchev–Trinajstić information content (AvgIpc) is 2.77. The summed E-state index contributed by atoms with van der Waals surface area (Å²) < 4.78 is 32.3. The zero-order valence-electron chi connectivity index (χ0n) is 18.8. The molecule has 7 nitrogen and oxygen atoms in total. The van der Waals surface area contributed by atoms with Gasteiger partial charge in [-0.1, -0.05) is 30.3 Å². The number of ether oxygens (including phenoxy) is 1. The van der Waals surface area contributed by atoms with Gasteiger partial charge in [-0.2, -0.15) is 0 Å². The number of anilines is 1. The summed E-state index contributed by atoms with van der Waals surface area (Å²) in [6.07, 6.45) is 0.908. The molecule has 0 bridgehead atoms. The summed E-state index contributed by atoms with van der Waals surface area (Å²) in [5, 5.41) is 2.90. The highest BCUT2D eigenvalue weighted by Crippen LogP contribution is 2.25. The number of sulfonamides is 1. The van der Waals surface area contributed by atoms with Crippen LogP contribution in [0.25, 0.3) is 0 Å². The van der Waals surface area contributed by atoms with Crippen LogP contribution in [0.15, 0.2) is 42.5 Å². The van der Waals surface area contributed by atoms with Gasteiger partial charge in [-0.3, -0.25) is 4.79 Å². The Hall–Kier alpha value is -2.71. The summed E-state index contributed by atoms with van der Waals surface area (Å²) in [7, 11) is -3.44. The van der Waals surface area contributed by atoms with E-state index in [9.17, 15) is 18.0 Å². The molecule has 3 rings (SSSR count). The van der Waals surface area contributed by atoms with Crippen molar-refractivity contribution in [3.05, 3.63) is 64.7 Å². The Morgan fingerprint density at radius 1 is 1.06 bits per heavy atom. The smallest absolute Gasteiger partial charge is 0.338 e. The zero-order chi connectivity index (χ0) is 23.3. The number of carbonyl (C=O) groups is 2. The van der Waals surface area contributed by atoms with Gasteiger partial charge in [0.15, 0.2) is 0 Å². The summed E-state index contributed by atoms with van der Waals surface area (Å²) in [5.74, 6) is -0.903. The Morgan fingerprint density at radius 2 is 1.75 bits per heavy atom. The first-order chi connectivity index (χ1) is 15.2. The fourth-order valence-corrected chi connectivity index (χ4v) is 5.56. The molecule has 2 aromatic carbocycles. The number of rotatable bonds is 7. The summed E-state index contributed by atoms with van der Waals surface area (Å²) in [4.78, 5) is 24.9. The van der Waals surface area contributed by atoms with E-state index < -0.39 is 16.0 Å². The van der Waals surface area contributed by atoms with Crippen LogP contribution in [0.5, 0.6) is 0 Å². The number of carbonyl (C=O) groups excluding carboxylic acids is 2. The molecule has 0 aliphatic carbocycles. The molecule has 172 valence electrons. The normalized spacial score (nSPS) is 15.3. The molecule has 32 heavy (non-hydrogen) atoms. The number of aryl methyl sites for hydroxylation is 1. The van der Waals surface area contributed by atoms with E-state index in [1.165, 1.54) is 4.31 Å². The first-order valence-electron chi connectivity index (χ1n) is 10.8. The van der Waals surface area contributed by atoms with Crippen molar-refractivity contribution in [1.29, 1.82) is 0 Å². The van der Waals surface area contributed by atoms with Crippen LogP contribution in [-0.4, -0.2) is 44.3 Å². The highest BCUT2D eigenvalue weighted by molar-refractivity contribution is 7.88. The van der Waals surface area contributed by atoms with Gasteiger partial charge < -0.3 is 10.1 Å². The maximum Gasteiger partial charge on any atom is 0.338 e. The Bertz CT molecular complexity index is 1090. The second-order valence-corrected chi connectivity index (χ2v) is 10.0. The molecule has 1 fully saturated rings. The lowest BCUT2D eigenvalue weighted by molar-refractivity contribution is -0.120. The number of hydrogen-bond donors (Lipinski definition) is 1. The van der Waals surface area contributed by atoms with Crippen LogP contribution < -0.4 is 5.32 Å². The van der Waals surface area contributed by atoms with E-state index in [4.69, 9.17) is 4.74 Å². The first-order valence-corrected chi connectivity index (χ1v) is 12.4. The van der Waals surface area contributed by atoms with Crippen molar-refractivity contribution < 1.29 is 22.7 Å². The van der Waals surface area contributed by atoms with Crippen molar-refractivity contribution in [3.8, 4) is 0 Å².